The van der Waals surface area contributed by atoms with Gasteiger partial charge in [-0.15, -0.1) is 0 Å². The van der Waals surface area contributed by atoms with E-state index < -0.39 is 0 Å². The molecule has 0 saturated carbocycles. The second-order valence-electron chi connectivity index (χ2n) is 4.12. The topological polar surface area (TPSA) is 35.2 Å². The smallest absolute Gasteiger partial charge is 0.0620 e. The zero-order chi connectivity index (χ0) is 11.3. The van der Waals surface area contributed by atoms with Crippen molar-refractivity contribution in [2.24, 2.45) is 5.73 Å². The minimum atomic E-state index is 0.103. The maximum atomic E-state index is 5.97. The van der Waals surface area contributed by atoms with Crippen molar-refractivity contribution in [1.29, 1.82) is 0 Å². The Bertz CT molecular complexity index is 289. The van der Waals surface area contributed by atoms with Gasteiger partial charge in [-0.2, -0.15) is 0 Å². The molecule has 2 heteroatoms. The van der Waals surface area contributed by atoms with Crippen LogP contribution in [-0.2, 0) is 11.2 Å². The molecular weight excluding hydrogens is 186 g/mol. The normalized spacial score (nSPS) is 12.8. The Kier molecular flexibility index (Phi) is 4.79. The number of hydrogen-bond acceptors (Lipinski definition) is 2. The average Bonchev–Trinajstić information content (AvgIpc) is 2.13. The maximum absolute atomic E-state index is 5.97. The molecule has 0 amide bonds. The van der Waals surface area contributed by atoms with Gasteiger partial charge < -0.3 is 10.5 Å². The van der Waals surface area contributed by atoms with Gasteiger partial charge in [-0.05, 0) is 32.8 Å². The molecule has 15 heavy (non-hydrogen) atoms. The molecule has 1 aromatic carbocycles. The Morgan fingerprint density at radius 1 is 1.20 bits per heavy atom. The van der Waals surface area contributed by atoms with Gasteiger partial charge in [0, 0.05) is 12.6 Å². The third-order valence-corrected chi connectivity index (χ3v) is 2.32. The van der Waals surface area contributed by atoms with E-state index in [4.69, 9.17) is 10.5 Å². The van der Waals surface area contributed by atoms with Crippen molar-refractivity contribution in [2.45, 2.75) is 33.2 Å². The van der Waals surface area contributed by atoms with Crippen molar-refractivity contribution in [3.05, 3.63) is 34.9 Å². The zero-order valence-electron chi connectivity index (χ0n) is 9.92. The third kappa shape index (κ3) is 4.45. The zero-order valence-corrected chi connectivity index (χ0v) is 9.92. The minimum Gasteiger partial charge on any atom is -0.380 e. The van der Waals surface area contributed by atoms with Gasteiger partial charge in [0.25, 0.3) is 0 Å². The van der Waals surface area contributed by atoms with Crippen molar-refractivity contribution in [1.82, 2.24) is 0 Å². The Hall–Kier alpha value is -0.860. The molecule has 0 fully saturated rings. The Balaban J connectivity index is 2.56. The highest BCUT2D eigenvalue weighted by atomic mass is 16.5. The second kappa shape index (κ2) is 5.89. The molecule has 0 aliphatic rings. The predicted octanol–water partition coefficient (Wildman–Crippen LogP) is 2.21. The Morgan fingerprint density at radius 3 is 2.33 bits per heavy atom. The largest absolute Gasteiger partial charge is 0.380 e. The molecule has 2 nitrogen and oxygen atoms in total. The van der Waals surface area contributed by atoms with Gasteiger partial charge in [-0.25, -0.2) is 0 Å². The van der Waals surface area contributed by atoms with Crippen LogP contribution in [0, 0.1) is 13.8 Å². The molecule has 0 saturated heterocycles. The Morgan fingerprint density at radius 2 is 1.80 bits per heavy atom. The van der Waals surface area contributed by atoms with Crippen LogP contribution >= 0.6 is 0 Å². The van der Waals surface area contributed by atoms with E-state index in [0.717, 1.165) is 13.0 Å². The molecule has 1 rings (SSSR count). The molecule has 1 unspecified atom stereocenters. The fourth-order valence-electron chi connectivity index (χ4n) is 1.82. The van der Waals surface area contributed by atoms with E-state index in [9.17, 15) is 0 Å². The standard InChI is InChI=1S/C13H21NO/c1-4-15-9-13(14)8-12-6-10(2)5-11(3)7-12/h5-7,13H,4,8-9,14H2,1-3H3. The van der Waals surface area contributed by atoms with E-state index >= 15 is 0 Å². The molecule has 84 valence electrons. The summed E-state index contributed by atoms with van der Waals surface area (Å²) in [6, 6.07) is 6.67. The van der Waals surface area contributed by atoms with E-state index in [1.165, 1.54) is 16.7 Å². The summed E-state index contributed by atoms with van der Waals surface area (Å²) < 4.78 is 5.30. The van der Waals surface area contributed by atoms with E-state index in [1.54, 1.807) is 0 Å². The molecular formula is C13H21NO. The summed E-state index contributed by atoms with van der Waals surface area (Å²) in [6.07, 6.45) is 0.891. The molecule has 2 N–H and O–H groups in total. The van der Waals surface area contributed by atoms with Crippen molar-refractivity contribution in [2.75, 3.05) is 13.2 Å². The molecule has 0 spiro atoms. The molecule has 0 bridgehead atoms. The summed E-state index contributed by atoms with van der Waals surface area (Å²) in [5.41, 5.74) is 9.87. The number of aryl methyl sites for hydroxylation is 2. The highest BCUT2D eigenvalue weighted by Gasteiger charge is 2.04. The minimum absolute atomic E-state index is 0.103. The number of nitrogens with two attached hydrogens (primary N) is 1. The summed E-state index contributed by atoms with van der Waals surface area (Å²) in [7, 11) is 0. The van der Waals surface area contributed by atoms with Crippen molar-refractivity contribution >= 4 is 0 Å². The van der Waals surface area contributed by atoms with Crippen molar-refractivity contribution in [3.8, 4) is 0 Å². The summed E-state index contributed by atoms with van der Waals surface area (Å²) in [4.78, 5) is 0. The molecule has 0 aliphatic carbocycles. The van der Waals surface area contributed by atoms with Gasteiger partial charge in [-0.3, -0.25) is 0 Å². The first-order valence-electron chi connectivity index (χ1n) is 5.52. The van der Waals surface area contributed by atoms with Crippen LogP contribution in [0.25, 0.3) is 0 Å². The van der Waals surface area contributed by atoms with E-state index in [1.807, 2.05) is 6.92 Å². The summed E-state index contributed by atoms with van der Waals surface area (Å²) in [6.45, 7) is 7.60. The van der Waals surface area contributed by atoms with Crippen LogP contribution < -0.4 is 5.73 Å². The first kappa shape index (κ1) is 12.2. The first-order chi connectivity index (χ1) is 7.11. The number of ether oxygens (including phenoxy) is 1. The van der Waals surface area contributed by atoms with Crippen molar-refractivity contribution < 1.29 is 4.74 Å². The highest BCUT2D eigenvalue weighted by molar-refractivity contribution is 5.29. The maximum Gasteiger partial charge on any atom is 0.0620 e. The predicted molar refractivity (Wildman–Crippen MR) is 64.1 cm³/mol. The van der Waals surface area contributed by atoms with E-state index in [-0.39, 0.29) is 6.04 Å². The lowest BCUT2D eigenvalue weighted by Gasteiger charge is -2.12. The van der Waals surface area contributed by atoms with Crippen LogP contribution in [0.15, 0.2) is 18.2 Å². The van der Waals surface area contributed by atoms with Crippen LogP contribution in [0.5, 0.6) is 0 Å². The Labute approximate surface area is 92.4 Å². The molecule has 0 heterocycles. The van der Waals surface area contributed by atoms with Gasteiger partial charge in [0.2, 0.25) is 0 Å². The molecule has 1 atom stereocenters. The number of rotatable bonds is 5. The van der Waals surface area contributed by atoms with Gasteiger partial charge in [0.1, 0.15) is 0 Å². The van der Waals surface area contributed by atoms with Gasteiger partial charge in [0.05, 0.1) is 6.61 Å². The lowest BCUT2D eigenvalue weighted by atomic mass is 10.0. The van der Waals surface area contributed by atoms with Crippen LogP contribution in [0.4, 0.5) is 0 Å². The summed E-state index contributed by atoms with van der Waals surface area (Å²) in [5, 5.41) is 0. The van der Waals surface area contributed by atoms with Gasteiger partial charge >= 0.3 is 0 Å². The number of hydrogen-bond donors (Lipinski definition) is 1. The quantitative estimate of drug-likeness (QED) is 0.803. The number of benzene rings is 1. The molecule has 0 aliphatic heterocycles. The second-order valence-corrected chi connectivity index (χ2v) is 4.12. The fourth-order valence-corrected chi connectivity index (χ4v) is 1.82. The van der Waals surface area contributed by atoms with Crippen LogP contribution in [0.1, 0.15) is 23.6 Å². The molecule has 0 aromatic heterocycles. The third-order valence-electron chi connectivity index (χ3n) is 2.32. The van der Waals surface area contributed by atoms with Gasteiger partial charge in [0.15, 0.2) is 0 Å². The molecule has 0 radical (unpaired) electrons. The summed E-state index contributed by atoms with van der Waals surface area (Å²) >= 11 is 0. The van der Waals surface area contributed by atoms with Crippen LogP contribution in [0.3, 0.4) is 0 Å². The van der Waals surface area contributed by atoms with Gasteiger partial charge in [-0.1, -0.05) is 29.3 Å². The SMILES string of the molecule is CCOCC(N)Cc1cc(C)cc(C)c1. The molecule has 1 aromatic rings. The monoisotopic (exact) mass is 207 g/mol. The summed E-state index contributed by atoms with van der Waals surface area (Å²) in [5.74, 6) is 0. The van der Waals surface area contributed by atoms with Crippen LogP contribution in [-0.4, -0.2) is 19.3 Å². The van der Waals surface area contributed by atoms with Crippen LogP contribution in [0.2, 0.25) is 0 Å². The average molecular weight is 207 g/mol. The first-order valence-corrected chi connectivity index (χ1v) is 5.52. The highest BCUT2D eigenvalue weighted by Crippen LogP contribution is 2.10. The van der Waals surface area contributed by atoms with E-state index in [0.29, 0.717) is 6.61 Å². The fraction of sp³-hybridized carbons (Fsp3) is 0.538. The lowest BCUT2D eigenvalue weighted by Crippen LogP contribution is -2.28. The van der Waals surface area contributed by atoms with Crippen molar-refractivity contribution in [3.63, 3.8) is 0 Å². The lowest BCUT2D eigenvalue weighted by molar-refractivity contribution is 0.133. The van der Waals surface area contributed by atoms with E-state index in [2.05, 4.69) is 32.0 Å².